The van der Waals surface area contributed by atoms with Gasteiger partial charge in [-0.05, 0) is 55.7 Å². The molecule has 1 aromatic heterocycles. The lowest BCUT2D eigenvalue weighted by atomic mass is 9.95. The second kappa shape index (κ2) is 9.17. The number of aromatic nitrogens is 1. The summed E-state index contributed by atoms with van der Waals surface area (Å²) in [6.45, 7) is 7.12. The van der Waals surface area contributed by atoms with Crippen molar-refractivity contribution in [2.24, 2.45) is 5.92 Å². The van der Waals surface area contributed by atoms with Crippen LogP contribution in [0.2, 0.25) is 0 Å². The van der Waals surface area contributed by atoms with Crippen LogP contribution < -0.4 is 10.1 Å². The number of nitrogens with zero attached hydrogens (tertiary/aromatic N) is 2. The molecule has 0 radical (unpaired) electrons. The van der Waals surface area contributed by atoms with Crippen LogP contribution in [0.1, 0.15) is 28.8 Å². The van der Waals surface area contributed by atoms with Crippen molar-refractivity contribution in [3.8, 4) is 5.75 Å². The Bertz CT molecular complexity index is 823. The molecule has 1 fully saturated rings. The number of carbonyl (C=O) groups is 2. The number of pyridine rings is 1. The summed E-state index contributed by atoms with van der Waals surface area (Å²) in [5, 5.41) is 2.86. The van der Waals surface area contributed by atoms with E-state index in [0.717, 1.165) is 5.56 Å². The number of ether oxygens (including phenoxy) is 1. The molecule has 146 valence electrons. The molecule has 1 aromatic carbocycles. The normalized spacial score (nSPS) is 14.4. The molecule has 0 unspecified atom stereocenters. The minimum Gasteiger partial charge on any atom is -0.490 e. The first-order valence-electron chi connectivity index (χ1n) is 9.43. The predicted octanol–water partition coefficient (Wildman–Crippen LogP) is 3.45. The van der Waals surface area contributed by atoms with Gasteiger partial charge in [0.15, 0.2) is 0 Å². The summed E-state index contributed by atoms with van der Waals surface area (Å²) in [7, 11) is 0. The molecule has 6 nitrogen and oxygen atoms in total. The number of nitrogens with one attached hydrogen (secondary N) is 1. The lowest BCUT2D eigenvalue weighted by Gasteiger charge is -2.31. The molecule has 0 saturated carbocycles. The van der Waals surface area contributed by atoms with Crippen LogP contribution in [0.5, 0.6) is 5.75 Å². The molecule has 0 atom stereocenters. The first-order chi connectivity index (χ1) is 13.6. The maximum atomic E-state index is 12.7. The fraction of sp³-hybridized carbons (Fsp3) is 0.318. The Morgan fingerprint density at radius 3 is 2.54 bits per heavy atom. The Hall–Kier alpha value is -3.15. The van der Waals surface area contributed by atoms with E-state index in [1.54, 1.807) is 47.5 Å². The first-order valence-corrected chi connectivity index (χ1v) is 9.43. The summed E-state index contributed by atoms with van der Waals surface area (Å²) in [6.07, 6.45) is 4.69. The van der Waals surface area contributed by atoms with Crippen molar-refractivity contribution in [3.63, 3.8) is 0 Å². The number of benzene rings is 1. The van der Waals surface area contributed by atoms with Crippen LogP contribution >= 0.6 is 0 Å². The van der Waals surface area contributed by atoms with Gasteiger partial charge in [-0.15, -0.1) is 0 Å². The Labute approximate surface area is 165 Å². The molecule has 0 spiro atoms. The average molecular weight is 379 g/mol. The highest BCUT2D eigenvalue weighted by molar-refractivity contribution is 5.95. The summed E-state index contributed by atoms with van der Waals surface area (Å²) in [5.74, 6) is 1.10. The van der Waals surface area contributed by atoms with Gasteiger partial charge >= 0.3 is 0 Å². The number of hydrogen-bond acceptors (Lipinski definition) is 4. The van der Waals surface area contributed by atoms with Gasteiger partial charge in [0.05, 0.1) is 0 Å². The third kappa shape index (κ3) is 4.97. The maximum Gasteiger partial charge on any atom is 0.253 e. The quantitative estimate of drug-likeness (QED) is 0.781. The zero-order valence-corrected chi connectivity index (χ0v) is 16.1. The van der Waals surface area contributed by atoms with Gasteiger partial charge in [0.2, 0.25) is 5.91 Å². The number of rotatable bonds is 6. The molecule has 6 heteroatoms. The molecule has 1 aliphatic heterocycles. The van der Waals surface area contributed by atoms with E-state index in [4.69, 9.17) is 4.74 Å². The van der Waals surface area contributed by atoms with E-state index >= 15 is 0 Å². The van der Waals surface area contributed by atoms with Crippen molar-refractivity contribution in [2.75, 3.05) is 25.0 Å². The summed E-state index contributed by atoms with van der Waals surface area (Å²) >= 11 is 0. The predicted molar refractivity (Wildman–Crippen MR) is 108 cm³/mol. The molecule has 0 aliphatic carbocycles. The van der Waals surface area contributed by atoms with Gasteiger partial charge in [0.25, 0.3) is 5.91 Å². The monoisotopic (exact) mass is 379 g/mol. The van der Waals surface area contributed by atoms with E-state index in [1.807, 2.05) is 13.0 Å². The fourth-order valence-corrected chi connectivity index (χ4v) is 3.15. The molecule has 1 N–H and O–H groups in total. The topological polar surface area (TPSA) is 71.5 Å². The van der Waals surface area contributed by atoms with Crippen LogP contribution in [0.25, 0.3) is 0 Å². The summed E-state index contributed by atoms with van der Waals surface area (Å²) in [6, 6.07) is 10.8. The number of carbonyl (C=O) groups excluding carboxylic acids is 2. The van der Waals surface area contributed by atoms with Gasteiger partial charge in [-0.2, -0.15) is 0 Å². The standard InChI is InChI=1S/C22H25N3O3/c1-3-14-28-19-7-5-18(6-8-19)22(27)25-12-10-17(11-13-25)21(26)24-20-9-4-16(2)15-23-20/h3-9,15,17H,1,10-14H2,2H3,(H,23,24,26). The van der Waals surface area contributed by atoms with E-state index in [9.17, 15) is 9.59 Å². The summed E-state index contributed by atoms with van der Waals surface area (Å²) in [4.78, 5) is 31.1. The van der Waals surface area contributed by atoms with Gasteiger partial charge in [-0.1, -0.05) is 18.7 Å². The van der Waals surface area contributed by atoms with Crippen LogP contribution in [-0.4, -0.2) is 41.4 Å². The number of likely N-dealkylation sites (tertiary alicyclic amines) is 1. The zero-order valence-electron chi connectivity index (χ0n) is 16.1. The number of amides is 2. The highest BCUT2D eigenvalue weighted by Gasteiger charge is 2.28. The van der Waals surface area contributed by atoms with Crippen molar-refractivity contribution in [2.45, 2.75) is 19.8 Å². The molecule has 1 saturated heterocycles. The highest BCUT2D eigenvalue weighted by atomic mass is 16.5. The Balaban J connectivity index is 1.51. The first kappa shape index (κ1) is 19.6. The van der Waals surface area contributed by atoms with Crippen LogP contribution in [0.4, 0.5) is 5.82 Å². The lowest BCUT2D eigenvalue weighted by Crippen LogP contribution is -2.41. The van der Waals surface area contributed by atoms with Gasteiger partial charge in [0.1, 0.15) is 18.2 Å². The molecule has 28 heavy (non-hydrogen) atoms. The van der Waals surface area contributed by atoms with E-state index in [-0.39, 0.29) is 17.7 Å². The second-order valence-corrected chi connectivity index (χ2v) is 6.90. The summed E-state index contributed by atoms with van der Waals surface area (Å²) < 4.78 is 5.44. The minimum atomic E-state index is -0.109. The van der Waals surface area contributed by atoms with Crippen LogP contribution in [0.3, 0.4) is 0 Å². The van der Waals surface area contributed by atoms with E-state index in [2.05, 4.69) is 16.9 Å². The largest absolute Gasteiger partial charge is 0.490 e. The van der Waals surface area contributed by atoms with Gasteiger partial charge in [-0.25, -0.2) is 4.98 Å². The minimum absolute atomic E-state index is 0.0191. The molecular weight excluding hydrogens is 354 g/mol. The summed E-state index contributed by atoms with van der Waals surface area (Å²) in [5.41, 5.74) is 1.67. The molecule has 2 amide bonds. The van der Waals surface area contributed by atoms with E-state index in [1.165, 1.54) is 0 Å². The second-order valence-electron chi connectivity index (χ2n) is 6.90. The molecule has 0 bridgehead atoms. The molecule has 1 aliphatic rings. The van der Waals surface area contributed by atoms with Gasteiger partial charge in [-0.3, -0.25) is 9.59 Å². The van der Waals surface area contributed by atoms with Crippen molar-refractivity contribution < 1.29 is 14.3 Å². The molecular formula is C22H25N3O3. The van der Waals surface area contributed by atoms with Gasteiger partial charge in [0, 0.05) is 30.8 Å². The molecule has 2 aromatic rings. The fourth-order valence-electron chi connectivity index (χ4n) is 3.15. The smallest absolute Gasteiger partial charge is 0.253 e. The number of anilines is 1. The number of aryl methyl sites for hydroxylation is 1. The molecule has 3 rings (SSSR count). The highest BCUT2D eigenvalue weighted by Crippen LogP contribution is 2.21. The van der Waals surface area contributed by atoms with Gasteiger partial charge < -0.3 is 15.0 Å². The lowest BCUT2D eigenvalue weighted by molar-refractivity contribution is -0.121. The van der Waals surface area contributed by atoms with Crippen molar-refractivity contribution >= 4 is 17.6 Å². The number of hydrogen-bond donors (Lipinski definition) is 1. The Kier molecular flexibility index (Phi) is 6.42. The van der Waals surface area contributed by atoms with Crippen molar-refractivity contribution in [1.82, 2.24) is 9.88 Å². The maximum absolute atomic E-state index is 12.7. The Morgan fingerprint density at radius 2 is 1.93 bits per heavy atom. The van der Waals surface area contributed by atoms with Crippen LogP contribution in [0.15, 0.2) is 55.3 Å². The average Bonchev–Trinajstić information content (AvgIpc) is 2.74. The van der Waals surface area contributed by atoms with Crippen molar-refractivity contribution in [1.29, 1.82) is 0 Å². The van der Waals surface area contributed by atoms with Crippen LogP contribution in [0, 0.1) is 12.8 Å². The zero-order chi connectivity index (χ0) is 19.9. The third-order valence-electron chi connectivity index (χ3n) is 4.78. The molecule has 2 heterocycles. The SMILES string of the molecule is C=CCOc1ccc(C(=O)N2CCC(C(=O)Nc3ccc(C)cn3)CC2)cc1. The number of piperidine rings is 1. The van der Waals surface area contributed by atoms with E-state index < -0.39 is 0 Å². The van der Waals surface area contributed by atoms with Crippen LogP contribution in [-0.2, 0) is 4.79 Å². The van der Waals surface area contributed by atoms with E-state index in [0.29, 0.717) is 49.7 Å². The van der Waals surface area contributed by atoms with Crippen molar-refractivity contribution in [3.05, 3.63) is 66.4 Å². The Morgan fingerprint density at radius 1 is 1.21 bits per heavy atom. The third-order valence-corrected chi connectivity index (χ3v) is 4.78.